The number of hydrogen-bond donors (Lipinski definition) is 2. The van der Waals surface area contributed by atoms with Gasteiger partial charge in [-0.05, 0) is 31.4 Å². The molecule has 1 aliphatic rings. The van der Waals surface area contributed by atoms with E-state index < -0.39 is 10.2 Å². The van der Waals surface area contributed by atoms with Gasteiger partial charge in [-0.25, -0.2) is 4.72 Å². The molecule has 126 valence electrons. The van der Waals surface area contributed by atoms with Gasteiger partial charge in [0.1, 0.15) is 0 Å². The molecule has 0 saturated carbocycles. The van der Waals surface area contributed by atoms with Gasteiger partial charge in [0, 0.05) is 36.7 Å². The summed E-state index contributed by atoms with van der Waals surface area (Å²) in [6.45, 7) is 5.59. The minimum absolute atomic E-state index is 0.0584. The van der Waals surface area contributed by atoms with Crippen molar-refractivity contribution < 1.29 is 13.2 Å². The normalized spacial score (nSPS) is 20.2. The predicted octanol–water partition coefficient (Wildman–Crippen LogP) is 1.57. The number of fused-ring (bicyclic) bond motifs is 1. The number of aromatic nitrogens is 1. The predicted molar refractivity (Wildman–Crippen MR) is 90.6 cm³/mol. The van der Waals surface area contributed by atoms with Crippen LogP contribution in [0.25, 0.3) is 10.9 Å². The fourth-order valence-corrected chi connectivity index (χ4v) is 4.25. The van der Waals surface area contributed by atoms with Crippen molar-refractivity contribution in [2.45, 2.75) is 26.4 Å². The highest BCUT2D eigenvalue weighted by molar-refractivity contribution is 7.87. The maximum Gasteiger partial charge on any atom is 0.279 e. The standard InChI is InChI=1S/C16H23N3O3S/c1-12-4-3-5-15-14(10-17-16(12)15)6-7-18-23(20,21)19-8-9-22-13(2)11-19/h3-5,10,13,17-18H,6-9,11H2,1-2H3/t13-/m0/s1. The van der Waals surface area contributed by atoms with Crippen LogP contribution in [0.5, 0.6) is 0 Å². The Morgan fingerprint density at radius 3 is 3.04 bits per heavy atom. The first-order chi connectivity index (χ1) is 11.0. The molecule has 7 heteroatoms. The number of benzene rings is 1. The molecule has 2 aromatic rings. The molecular formula is C16H23N3O3S. The molecule has 6 nitrogen and oxygen atoms in total. The summed E-state index contributed by atoms with van der Waals surface area (Å²) in [6, 6.07) is 6.14. The lowest BCUT2D eigenvalue weighted by Gasteiger charge is -2.30. The molecular weight excluding hydrogens is 314 g/mol. The van der Waals surface area contributed by atoms with Gasteiger partial charge < -0.3 is 9.72 Å². The van der Waals surface area contributed by atoms with Gasteiger partial charge >= 0.3 is 0 Å². The molecule has 0 amide bonds. The van der Waals surface area contributed by atoms with Gasteiger partial charge in [-0.15, -0.1) is 0 Å². The van der Waals surface area contributed by atoms with Crippen molar-refractivity contribution >= 4 is 21.1 Å². The zero-order valence-electron chi connectivity index (χ0n) is 13.5. The minimum Gasteiger partial charge on any atom is -0.376 e. The monoisotopic (exact) mass is 337 g/mol. The first kappa shape index (κ1) is 16.4. The van der Waals surface area contributed by atoms with E-state index in [9.17, 15) is 8.42 Å². The van der Waals surface area contributed by atoms with Gasteiger partial charge in [0.25, 0.3) is 10.2 Å². The first-order valence-corrected chi connectivity index (χ1v) is 9.33. The highest BCUT2D eigenvalue weighted by atomic mass is 32.2. The number of ether oxygens (including phenoxy) is 1. The lowest BCUT2D eigenvalue weighted by Crippen LogP contribution is -2.49. The van der Waals surface area contributed by atoms with Crippen molar-refractivity contribution in [1.29, 1.82) is 0 Å². The Balaban J connectivity index is 1.63. The van der Waals surface area contributed by atoms with Crippen LogP contribution in [-0.4, -0.2) is 50.1 Å². The van der Waals surface area contributed by atoms with Crippen molar-refractivity contribution in [3.05, 3.63) is 35.5 Å². The zero-order valence-corrected chi connectivity index (χ0v) is 14.3. The molecule has 0 aliphatic carbocycles. The third-order valence-electron chi connectivity index (χ3n) is 4.23. The number of aromatic amines is 1. The van der Waals surface area contributed by atoms with Gasteiger partial charge in [0.2, 0.25) is 0 Å². The largest absolute Gasteiger partial charge is 0.376 e. The summed E-state index contributed by atoms with van der Waals surface area (Å²) in [5, 5.41) is 1.16. The molecule has 0 bridgehead atoms. The Kier molecular flexibility index (Phi) is 4.72. The van der Waals surface area contributed by atoms with Crippen molar-refractivity contribution in [1.82, 2.24) is 14.0 Å². The number of H-pyrrole nitrogens is 1. The lowest BCUT2D eigenvalue weighted by molar-refractivity contribution is 0.00979. The molecule has 23 heavy (non-hydrogen) atoms. The van der Waals surface area contributed by atoms with Gasteiger partial charge in [-0.2, -0.15) is 12.7 Å². The summed E-state index contributed by atoms with van der Waals surface area (Å²) < 4.78 is 34.2. The molecule has 2 heterocycles. The zero-order chi connectivity index (χ0) is 16.4. The quantitative estimate of drug-likeness (QED) is 0.870. The van der Waals surface area contributed by atoms with Crippen LogP contribution in [0, 0.1) is 6.92 Å². The van der Waals surface area contributed by atoms with Crippen LogP contribution in [0.15, 0.2) is 24.4 Å². The van der Waals surface area contributed by atoms with E-state index in [1.807, 2.05) is 19.2 Å². The smallest absolute Gasteiger partial charge is 0.279 e. The Labute approximate surface area is 137 Å². The third kappa shape index (κ3) is 3.58. The van der Waals surface area contributed by atoms with Crippen LogP contribution < -0.4 is 4.72 Å². The fraction of sp³-hybridized carbons (Fsp3) is 0.500. The number of rotatable bonds is 5. The van der Waals surface area contributed by atoms with Crippen molar-refractivity contribution in [2.24, 2.45) is 0 Å². The maximum atomic E-state index is 12.3. The van der Waals surface area contributed by atoms with Crippen molar-refractivity contribution in [3.63, 3.8) is 0 Å². The van der Waals surface area contributed by atoms with Crippen LogP contribution in [-0.2, 0) is 21.4 Å². The molecule has 2 N–H and O–H groups in total. The van der Waals surface area contributed by atoms with Crippen LogP contribution in [0.4, 0.5) is 0 Å². The Hall–Kier alpha value is -1.41. The molecule has 0 spiro atoms. The molecule has 1 fully saturated rings. The average Bonchev–Trinajstić information content (AvgIpc) is 2.92. The van der Waals surface area contributed by atoms with Crippen LogP contribution in [0.2, 0.25) is 0 Å². The van der Waals surface area contributed by atoms with E-state index in [0.29, 0.717) is 32.7 Å². The number of morpholine rings is 1. The summed E-state index contributed by atoms with van der Waals surface area (Å²) in [5.74, 6) is 0. The topological polar surface area (TPSA) is 74.4 Å². The highest BCUT2D eigenvalue weighted by Gasteiger charge is 2.26. The van der Waals surface area contributed by atoms with Gasteiger partial charge in [0.15, 0.2) is 0 Å². The number of hydrogen-bond acceptors (Lipinski definition) is 3. The molecule has 0 unspecified atom stereocenters. The molecule has 1 aliphatic heterocycles. The van der Waals surface area contributed by atoms with Crippen molar-refractivity contribution in [3.8, 4) is 0 Å². The lowest BCUT2D eigenvalue weighted by atomic mass is 10.1. The van der Waals surface area contributed by atoms with E-state index >= 15 is 0 Å². The molecule has 1 aromatic heterocycles. The maximum absolute atomic E-state index is 12.3. The number of nitrogens with one attached hydrogen (secondary N) is 2. The summed E-state index contributed by atoms with van der Waals surface area (Å²) in [5.41, 5.74) is 3.44. The second-order valence-electron chi connectivity index (χ2n) is 6.00. The summed E-state index contributed by atoms with van der Waals surface area (Å²) in [4.78, 5) is 3.27. The Morgan fingerprint density at radius 2 is 2.26 bits per heavy atom. The SMILES string of the molecule is Cc1cccc2c(CCNS(=O)(=O)N3CCO[C@@H](C)C3)c[nH]c12. The second-order valence-corrected chi connectivity index (χ2v) is 7.76. The van der Waals surface area contributed by atoms with Crippen LogP contribution in [0.3, 0.4) is 0 Å². The summed E-state index contributed by atoms with van der Waals surface area (Å²) >= 11 is 0. The van der Waals surface area contributed by atoms with Gasteiger partial charge in [-0.3, -0.25) is 0 Å². The average molecular weight is 337 g/mol. The van der Waals surface area contributed by atoms with Gasteiger partial charge in [-0.1, -0.05) is 18.2 Å². The van der Waals surface area contributed by atoms with E-state index in [1.165, 1.54) is 9.87 Å². The third-order valence-corrected chi connectivity index (χ3v) is 5.81. The number of para-hydroxylation sites is 1. The number of aryl methyl sites for hydroxylation is 1. The molecule has 0 radical (unpaired) electrons. The van der Waals surface area contributed by atoms with E-state index in [0.717, 1.165) is 16.5 Å². The van der Waals surface area contributed by atoms with E-state index in [-0.39, 0.29) is 6.10 Å². The summed E-state index contributed by atoms with van der Waals surface area (Å²) in [7, 11) is -3.44. The Morgan fingerprint density at radius 1 is 1.43 bits per heavy atom. The van der Waals surface area contributed by atoms with E-state index in [2.05, 4.69) is 28.8 Å². The second kappa shape index (κ2) is 6.60. The molecule has 3 rings (SSSR count). The van der Waals surface area contributed by atoms with Crippen molar-refractivity contribution in [2.75, 3.05) is 26.2 Å². The number of nitrogens with zero attached hydrogens (tertiary/aromatic N) is 1. The van der Waals surface area contributed by atoms with Crippen LogP contribution in [0.1, 0.15) is 18.1 Å². The van der Waals surface area contributed by atoms with Crippen LogP contribution >= 0.6 is 0 Å². The first-order valence-electron chi connectivity index (χ1n) is 7.89. The Bertz CT molecular complexity index is 785. The fourth-order valence-electron chi connectivity index (χ4n) is 2.98. The van der Waals surface area contributed by atoms with E-state index in [4.69, 9.17) is 4.74 Å². The van der Waals surface area contributed by atoms with E-state index in [1.54, 1.807) is 0 Å². The summed E-state index contributed by atoms with van der Waals surface area (Å²) in [6.07, 6.45) is 2.56. The minimum atomic E-state index is -3.44. The highest BCUT2D eigenvalue weighted by Crippen LogP contribution is 2.21. The molecule has 1 aromatic carbocycles. The van der Waals surface area contributed by atoms with Gasteiger partial charge in [0.05, 0.1) is 12.7 Å². The molecule has 1 atom stereocenters. The molecule has 1 saturated heterocycles.